The first kappa shape index (κ1) is 17.2. The molecule has 8 heteroatoms. The number of sulfonamides is 1. The molecule has 0 bridgehead atoms. The molecule has 7 nitrogen and oxygen atoms in total. The number of ether oxygens (including phenoxy) is 2. The predicted molar refractivity (Wildman–Crippen MR) is 78.7 cm³/mol. The molecule has 0 aliphatic heterocycles. The van der Waals surface area contributed by atoms with Crippen molar-refractivity contribution < 1.29 is 22.7 Å². The molecule has 118 valence electrons. The molecule has 0 spiro atoms. The number of nitrogens with one attached hydrogen (secondary N) is 1. The zero-order valence-corrected chi connectivity index (χ0v) is 13.1. The van der Waals surface area contributed by atoms with Crippen LogP contribution in [0.1, 0.15) is 26.7 Å². The van der Waals surface area contributed by atoms with Gasteiger partial charge in [0.2, 0.25) is 15.9 Å². The number of esters is 1. The molecule has 1 rings (SSSR count). The molecule has 1 aromatic rings. The van der Waals surface area contributed by atoms with Crippen LogP contribution in [0.5, 0.6) is 5.88 Å². The second-order valence-electron chi connectivity index (χ2n) is 4.62. The Morgan fingerprint density at radius 3 is 2.76 bits per heavy atom. The number of rotatable bonds is 8. The van der Waals surface area contributed by atoms with E-state index < -0.39 is 16.0 Å². The molecule has 1 N–H and O–H groups in total. The molecule has 0 atom stereocenters. The molecular weight excluding hydrogens is 296 g/mol. The molecule has 0 radical (unpaired) electrons. The first-order chi connectivity index (χ1) is 9.84. The first-order valence-corrected chi connectivity index (χ1v) is 8.18. The van der Waals surface area contributed by atoms with Crippen LogP contribution in [0.15, 0.2) is 18.3 Å². The Hall–Kier alpha value is -1.83. The Balaban J connectivity index is 2.69. The normalized spacial score (nSPS) is 11.2. The van der Waals surface area contributed by atoms with Crippen molar-refractivity contribution in [1.29, 1.82) is 0 Å². The maximum absolute atomic E-state index is 12.0. The van der Waals surface area contributed by atoms with Gasteiger partial charge in [-0.05, 0) is 32.4 Å². The van der Waals surface area contributed by atoms with Gasteiger partial charge in [-0.1, -0.05) is 0 Å². The largest absolute Gasteiger partial charge is 0.473 e. The lowest BCUT2D eigenvalue weighted by Crippen LogP contribution is -2.19. The van der Waals surface area contributed by atoms with Gasteiger partial charge in [0.05, 0.1) is 19.0 Å². The number of pyridine rings is 1. The van der Waals surface area contributed by atoms with Crippen LogP contribution in [-0.4, -0.2) is 38.3 Å². The summed E-state index contributed by atoms with van der Waals surface area (Å²) in [6.45, 7) is 3.65. The van der Waals surface area contributed by atoms with Crippen molar-refractivity contribution in [3.8, 4) is 5.88 Å². The van der Waals surface area contributed by atoms with Crippen molar-refractivity contribution >= 4 is 21.7 Å². The number of carbonyl (C=O) groups excluding carboxylic acids is 1. The van der Waals surface area contributed by atoms with E-state index in [4.69, 9.17) is 4.74 Å². The highest BCUT2D eigenvalue weighted by Crippen LogP contribution is 2.23. The van der Waals surface area contributed by atoms with Crippen molar-refractivity contribution in [1.82, 2.24) is 4.98 Å². The first-order valence-electron chi connectivity index (χ1n) is 6.53. The van der Waals surface area contributed by atoms with Gasteiger partial charge < -0.3 is 9.47 Å². The number of hydrogen-bond acceptors (Lipinski definition) is 6. The Kier molecular flexibility index (Phi) is 6.41. The highest BCUT2D eigenvalue weighted by Gasteiger charge is 2.15. The lowest BCUT2D eigenvalue weighted by Gasteiger charge is -2.14. The molecule has 0 aliphatic rings. The number of methoxy groups -OCH3 is 1. The fraction of sp³-hybridized carbons (Fsp3) is 0.538. The molecule has 0 aromatic carbocycles. The maximum atomic E-state index is 12.0. The fourth-order valence-electron chi connectivity index (χ4n) is 1.51. The SMILES string of the molecule is COC(=O)CCCS(=O)(=O)Nc1cccnc1OC(C)C. The smallest absolute Gasteiger partial charge is 0.305 e. The summed E-state index contributed by atoms with van der Waals surface area (Å²) < 4.78 is 36.2. The molecule has 21 heavy (non-hydrogen) atoms. The summed E-state index contributed by atoms with van der Waals surface area (Å²) in [4.78, 5) is 15.0. The fourth-order valence-corrected chi connectivity index (χ4v) is 2.63. The molecule has 0 aliphatic carbocycles. The number of nitrogens with zero attached hydrogens (tertiary/aromatic N) is 1. The topological polar surface area (TPSA) is 94.6 Å². The monoisotopic (exact) mass is 316 g/mol. The molecule has 0 amide bonds. The van der Waals surface area contributed by atoms with Gasteiger partial charge in [-0.3, -0.25) is 9.52 Å². The summed E-state index contributed by atoms with van der Waals surface area (Å²) in [5.41, 5.74) is 0.282. The summed E-state index contributed by atoms with van der Waals surface area (Å²) in [7, 11) is -2.31. The minimum absolute atomic E-state index is 0.0554. The van der Waals surface area contributed by atoms with Gasteiger partial charge in [-0.15, -0.1) is 0 Å². The lowest BCUT2D eigenvalue weighted by molar-refractivity contribution is -0.140. The standard InChI is InChI=1S/C13H20N2O5S/c1-10(2)20-13-11(6-4-8-14-13)15-21(17,18)9-5-7-12(16)19-3/h4,6,8,10,15H,5,7,9H2,1-3H3. The predicted octanol–water partition coefficient (Wildman–Crippen LogP) is 1.56. The van der Waals surface area contributed by atoms with E-state index in [2.05, 4.69) is 14.4 Å². The van der Waals surface area contributed by atoms with Gasteiger partial charge in [0, 0.05) is 12.6 Å². The third kappa shape index (κ3) is 6.44. The van der Waals surface area contributed by atoms with E-state index in [9.17, 15) is 13.2 Å². The average molecular weight is 316 g/mol. The number of aromatic nitrogens is 1. The summed E-state index contributed by atoms with van der Waals surface area (Å²) in [6.07, 6.45) is 1.64. The van der Waals surface area contributed by atoms with Crippen LogP contribution in [0.3, 0.4) is 0 Å². The number of anilines is 1. The van der Waals surface area contributed by atoms with Crippen molar-refractivity contribution in [2.45, 2.75) is 32.8 Å². The summed E-state index contributed by atoms with van der Waals surface area (Å²) in [5.74, 6) is -0.391. The van der Waals surface area contributed by atoms with E-state index in [0.29, 0.717) is 0 Å². The van der Waals surface area contributed by atoms with E-state index in [1.165, 1.54) is 13.3 Å². The zero-order valence-electron chi connectivity index (χ0n) is 12.3. The van der Waals surface area contributed by atoms with E-state index in [1.807, 2.05) is 13.8 Å². The van der Waals surface area contributed by atoms with Crippen LogP contribution < -0.4 is 9.46 Å². The summed E-state index contributed by atoms with van der Waals surface area (Å²) >= 11 is 0. The highest BCUT2D eigenvalue weighted by molar-refractivity contribution is 7.92. The maximum Gasteiger partial charge on any atom is 0.305 e. The molecular formula is C13H20N2O5S. The van der Waals surface area contributed by atoms with Gasteiger partial charge in [-0.2, -0.15) is 0 Å². The third-order valence-corrected chi connectivity index (χ3v) is 3.76. The number of carbonyl (C=O) groups is 1. The van der Waals surface area contributed by atoms with Gasteiger partial charge in [0.1, 0.15) is 5.69 Å². The van der Waals surface area contributed by atoms with Crippen LogP contribution in [0.2, 0.25) is 0 Å². The Morgan fingerprint density at radius 2 is 2.14 bits per heavy atom. The minimum Gasteiger partial charge on any atom is -0.473 e. The Bertz CT molecular complexity index is 572. The van der Waals surface area contributed by atoms with Crippen LogP contribution >= 0.6 is 0 Å². The quantitative estimate of drug-likeness (QED) is 0.731. The van der Waals surface area contributed by atoms with Crippen LogP contribution in [0.4, 0.5) is 5.69 Å². The van der Waals surface area contributed by atoms with Crippen molar-refractivity contribution in [2.24, 2.45) is 0 Å². The van der Waals surface area contributed by atoms with Crippen LogP contribution in [0, 0.1) is 0 Å². The van der Waals surface area contributed by atoms with Crippen molar-refractivity contribution in [3.63, 3.8) is 0 Å². The summed E-state index contributed by atoms with van der Waals surface area (Å²) in [5, 5.41) is 0. The molecule has 1 aromatic heterocycles. The van der Waals surface area contributed by atoms with Gasteiger partial charge >= 0.3 is 5.97 Å². The highest BCUT2D eigenvalue weighted by atomic mass is 32.2. The molecule has 0 saturated heterocycles. The Labute approximate surface area is 124 Å². The zero-order chi connectivity index (χ0) is 15.9. The van der Waals surface area contributed by atoms with E-state index in [-0.39, 0.29) is 36.3 Å². The van der Waals surface area contributed by atoms with Crippen LogP contribution in [0.25, 0.3) is 0 Å². The summed E-state index contributed by atoms with van der Waals surface area (Å²) in [6, 6.07) is 3.18. The second-order valence-corrected chi connectivity index (χ2v) is 6.47. The van der Waals surface area contributed by atoms with E-state index >= 15 is 0 Å². The van der Waals surface area contributed by atoms with Crippen molar-refractivity contribution in [2.75, 3.05) is 17.6 Å². The Morgan fingerprint density at radius 1 is 1.43 bits per heavy atom. The van der Waals surface area contributed by atoms with Gasteiger partial charge in [-0.25, -0.2) is 13.4 Å². The second kappa shape index (κ2) is 7.82. The number of hydrogen-bond donors (Lipinski definition) is 1. The average Bonchev–Trinajstić information content (AvgIpc) is 2.39. The molecule has 0 unspecified atom stereocenters. The van der Waals surface area contributed by atoms with E-state index in [1.54, 1.807) is 12.1 Å². The molecule has 0 saturated carbocycles. The third-order valence-electron chi connectivity index (χ3n) is 2.41. The minimum atomic E-state index is -3.57. The van der Waals surface area contributed by atoms with Crippen molar-refractivity contribution in [3.05, 3.63) is 18.3 Å². The van der Waals surface area contributed by atoms with Gasteiger partial charge in [0.15, 0.2) is 0 Å². The van der Waals surface area contributed by atoms with Gasteiger partial charge in [0.25, 0.3) is 0 Å². The lowest BCUT2D eigenvalue weighted by atomic mass is 10.3. The van der Waals surface area contributed by atoms with Crippen LogP contribution in [-0.2, 0) is 19.6 Å². The molecule has 0 fully saturated rings. The van der Waals surface area contributed by atoms with E-state index in [0.717, 1.165) is 0 Å². The molecule has 1 heterocycles.